The van der Waals surface area contributed by atoms with Crippen molar-refractivity contribution in [3.05, 3.63) is 78.7 Å². The van der Waals surface area contributed by atoms with Crippen molar-refractivity contribution in [1.82, 2.24) is 19.9 Å². The van der Waals surface area contributed by atoms with Crippen LogP contribution in [-0.4, -0.2) is 78.5 Å². The molecule has 228 valence electrons. The maximum atomic E-state index is 12.4. The average molecular weight is 599 g/mol. The van der Waals surface area contributed by atoms with Gasteiger partial charge >= 0.3 is 18.9 Å². The zero-order chi connectivity index (χ0) is 30.9. The van der Waals surface area contributed by atoms with Crippen LogP contribution in [0.3, 0.4) is 0 Å². The van der Waals surface area contributed by atoms with Crippen LogP contribution in [0, 0.1) is 18.4 Å². The number of piperidine rings is 1. The molecule has 2 atom stereocenters. The molecule has 2 aliphatic rings. The van der Waals surface area contributed by atoms with E-state index in [1.54, 1.807) is 18.2 Å². The standard InChI is InChI=1S/C33H35N8O3.Li/c1-4-27(13-15-35-21-34)44-28-11-8-25(9-12-28)38-32-31-29(36-22-37-32)18-30-33(39-31)41-17-14-23(24(19-41)20-43-30)7-10-26(42)6-5-16-40(2)3;/h1,4-6,8-9,11-13,18,21-24H,7,10,14,16-17,19-20H2,2-3H3,(H,36,37,38);/q-3;+1/b6-5+,27-13+;/t23?,24-;/m0./s1. The van der Waals surface area contributed by atoms with Crippen molar-refractivity contribution in [2.24, 2.45) is 16.8 Å². The molecule has 2 bridgehead atoms. The van der Waals surface area contributed by atoms with Crippen LogP contribution in [0.2, 0.25) is 0 Å². The number of nitrogens with one attached hydrogen (secondary N) is 1. The maximum absolute atomic E-state index is 12.4. The first kappa shape index (κ1) is 33.6. The molecule has 0 saturated carbocycles. The summed E-state index contributed by atoms with van der Waals surface area (Å²) in [5, 5.41) is 12.0. The number of hydrogen-bond donors (Lipinski definition) is 1. The largest absolute Gasteiger partial charge is 1.00 e. The summed E-state index contributed by atoms with van der Waals surface area (Å²) < 4.78 is 12.0. The molecule has 0 aliphatic carbocycles. The number of aromatic nitrogens is 3. The summed E-state index contributed by atoms with van der Waals surface area (Å²) in [7, 11) is 3.97. The molecule has 2 aliphatic heterocycles. The van der Waals surface area contributed by atoms with Crippen LogP contribution in [0.1, 0.15) is 19.3 Å². The quantitative estimate of drug-likeness (QED) is 0.0597. The molecule has 1 aromatic carbocycles. The summed E-state index contributed by atoms with van der Waals surface area (Å²) in [5.41, 5.74) is 2.10. The molecule has 1 N–H and O–H groups in total. The summed E-state index contributed by atoms with van der Waals surface area (Å²) in [5.74, 6) is 3.86. The number of benzene rings is 1. The summed E-state index contributed by atoms with van der Waals surface area (Å²) in [4.78, 5) is 34.1. The molecule has 0 amide bonds. The third-order valence-corrected chi connectivity index (χ3v) is 7.59. The van der Waals surface area contributed by atoms with Crippen molar-refractivity contribution in [2.45, 2.75) is 19.3 Å². The Morgan fingerprint density at radius 3 is 2.89 bits per heavy atom. The Bertz CT molecular complexity index is 1590. The molecule has 1 saturated heterocycles. The Labute approximate surface area is 275 Å². The van der Waals surface area contributed by atoms with E-state index in [0.717, 1.165) is 44.0 Å². The fourth-order valence-corrected chi connectivity index (χ4v) is 5.35. The molecule has 0 radical (unpaired) electrons. The monoisotopic (exact) mass is 598 g/mol. The molecule has 2 aromatic heterocycles. The summed E-state index contributed by atoms with van der Waals surface area (Å²) in [6.45, 7) is 8.62. The predicted octanol–water partition coefficient (Wildman–Crippen LogP) is 1.87. The van der Waals surface area contributed by atoms with Crippen LogP contribution < -0.4 is 38.6 Å². The van der Waals surface area contributed by atoms with Crippen LogP contribution in [0.15, 0.2) is 71.7 Å². The molecule has 1 unspecified atom stereocenters. The Morgan fingerprint density at radius 1 is 1.31 bits per heavy atom. The van der Waals surface area contributed by atoms with Gasteiger partial charge in [0.25, 0.3) is 0 Å². The van der Waals surface area contributed by atoms with Crippen LogP contribution in [0.4, 0.5) is 17.3 Å². The maximum Gasteiger partial charge on any atom is 1.00 e. The minimum atomic E-state index is 0. The van der Waals surface area contributed by atoms with E-state index in [1.807, 2.05) is 43.3 Å². The Kier molecular flexibility index (Phi) is 12.0. The van der Waals surface area contributed by atoms with Gasteiger partial charge in [0.1, 0.15) is 17.6 Å². The van der Waals surface area contributed by atoms with E-state index in [4.69, 9.17) is 26.4 Å². The molecule has 45 heavy (non-hydrogen) atoms. The summed E-state index contributed by atoms with van der Waals surface area (Å²) in [6, 6.07) is 9.19. The number of ketones is 1. The van der Waals surface area contributed by atoms with Crippen molar-refractivity contribution in [3.8, 4) is 11.5 Å². The zero-order valence-corrected chi connectivity index (χ0v) is 25.9. The number of allylic oxidation sites excluding steroid dienone is 3. The third kappa shape index (κ3) is 8.88. The number of nitrogens with zero attached hydrogens (tertiary/aromatic N) is 7. The fourth-order valence-electron chi connectivity index (χ4n) is 5.35. The second-order valence-electron chi connectivity index (χ2n) is 11.0. The molecule has 12 heteroatoms. The molecular formula is C33H35LiN8O3-2. The van der Waals surface area contributed by atoms with E-state index in [1.165, 1.54) is 18.5 Å². The van der Waals surface area contributed by atoms with Crippen LogP contribution >= 0.6 is 0 Å². The van der Waals surface area contributed by atoms with E-state index in [2.05, 4.69) is 31.4 Å². The van der Waals surface area contributed by atoms with Gasteiger partial charge in [0.2, 0.25) is 0 Å². The number of ether oxygens (including phenoxy) is 2. The number of carbonyl (C=O) groups is 1. The second kappa shape index (κ2) is 16.1. The van der Waals surface area contributed by atoms with Gasteiger partial charge in [0, 0.05) is 49.5 Å². The topological polar surface area (TPSA) is 127 Å². The van der Waals surface area contributed by atoms with E-state index in [-0.39, 0.29) is 24.6 Å². The summed E-state index contributed by atoms with van der Waals surface area (Å²) in [6.07, 6.45) is 13.3. The molecule has 11 nitrogen and oxygen atoms in total. The molecule has 0 spiro atoms. The number of fused-ring (bicyclic) bond motifs is 5. The first-order chi connectivity index (χ1) is 21.4. The SMILES string of the molecule is [CH-]=C/C(=C\[C-]=NC=[N-])Oc1ccc(Nc2ncnc3cc4c(nc23)N2CCC(CCC(=O)/C=C/CN(C)C)[C@H](CO4)C2)cc1.[Li+]. The molecular weight excluding hydrogens is 563 g/mol. The van der Waals surface area contributed by atoms with E-state index in [0.29, 0.717) is 65.3 Å². The first-order valence-corrected chi connectivity index (χ1v) is 14.5. The Balaban J connectivity index is 0.00000461. The van der Waals surface area contributed by atoms with Gasteiger partial charge in [0.05, 0.1) is 12.1 Å². The molecule has 5 rings (SSSR count). The number of likely N-dealkylation sites (N-methyl/N-ethyl adjacent to an activating group) is 1. The van der Waals surface area contributed by atoms with Gasteiger partial charge in [-0.1, -0.05) is 6.08 Å². The minimum absolute atomic E-state index is 0. The van der Waals surface area contributed by atoms with Crippen molar-refractivity contribution >= 4 is 46.7 Å². The third-order valence-electron chi connectivity index (χ3n) is 7.59. The average Bonchev–Trinajstić information content (AvgIpc) is 3.16. The van der Waals surface area contributed by atoms with Gasteiger partial charge in [0.15, 0.2) is 23.2 Å². The van der Waals surface area contributed by atoms with E-state index >= 15 is 0 Å². The van der Waals surface area contributed by atoms with E-state index < -0.39 is 0 Å². The second-order valence-corrected chi connectivity index (χ2v) is 11.0. The molecule has 3 aromatic rings. The number of aliphatic imine (C=N–C) groups is 1. The van der Waals surface area contributed by atoms with Crippen molar-refractivity contribution in [3.63, 3.8) is 0 Å². The minimum Gasteiger partial charge on any atom is -0.577 e. The van der Waals surface area contributed by atoms with Crippen molar-refractivity contribution in [2.75, 3.05) is 50.6 Å². The van der Waals surface area contributed by atoms with Gasteiger partial charge < -0.3 is 35.0 Å². The predicted molar refractivity (Wildman–Crippen MR) is 173 cm³/mol. The number of carbonyl (C=O) groups excluding carboxylic acids is 1. The Morgan fingerprint density at radius 2 is 2.13 bits per heavy atom. The van der Waals surface area contributed by atoms with Crippen LogP contribution in [0.5, 0.6) is 11.5 Å². The molecule has 1 fully saturated rings. The number of hydrogen-bond acceptors (Lipinski definition) is 9. The number of rotatable bonds is 13. The van der Waals surface area contributed by atoms with Gasteiger partial charge in [-0.25, -0.2) is 27.5 Å². The Hall–Kier alpha value is -4.30. The first-order valence-electron chi connectivity index (χ1n) is 14.5. The summed E-state index contributed by atoms with van der Waals surface area (Å²) >= 11 is 0. The van der Waals surface area contributed by atoms with Gasteiger partial charge in [-0.05, 0) is 63.2 Å². The van der Waals surface area contributed by atoms with E-state index in [9.17, 15) is 4.79 Å². The van der Waals surface area contributed by atoms with Crippen LogP contribution in [-0.2, 0) is 4.79 Å². The van der Waals surface area contributed by atoms with Crippen molar-refractivity contribution < 1.29 is 33.1 Å². The normalized spacial score (nSPS) is 17.8. The fraction of sp³-hybridized carbons (Fsp3) is 0.333. The van der Waals surface area contributed by atoms with Gasteiger partial charge in [-0.2, -0.15) is 6.08 Å². The van der Waals surface area contributed by atoms with Gasteiger partial charge in [-0.15, -0.1) is 6.08 Å². The van der Waals surface area contributed by atoms with Crippen LogP contribution in [0.25, 0.3) is 16.4 Å². The van der Waals surface area contributed by atoms with Crippen molar-refractivity contribution in [1.29, 1.82) is 0 Å². The smallest absolute Gasteiger partial charge is 0.577 e. The van der Waals surface area contributed by atoms with Gasteiger partial charge in [-0.3, -0.25) is 11.4 Å². The number of anilines is 3. The number of pyridine rings is 1. The molecule has 4 heterocycles. The zero-order valence-electron chi connectivity index (χ0n) is 25.9.